The number of nitrogens with zero attached hydrogens (tertiary/aromatic N) is 2. The van der Waals surface area contributed by atoms with Crippen LogP contribution in [0.1, 0.15) is 23.6 Å². The van der Waals surface area contributed by atoms with Crippen LogP contribution in [0.4, 0.5) is 0 Å². The van der Waals surface area contributed by atoms with Gasteiger partial charge in [0.25, 0.3) is 0 Å². The summed E-state index contributed by atoms with van der Waals surface area (Å²) in [6.45, 7) is 0.733. The highest BCUT2D eigenvalue weighted by atomic mass is 79.9. The molecule has 1 aliphatic rings. The fourth-order valence-electron chi connectivity index (χ4n) is 1.85. The molecule has 0 spiro atoms. The highest BCUT2D eigenvalue weighted by Crippen LogP contribution is 2.36. The molecule has 0 fully saturated rings. The molecule has 0 saturated carbocycles. The second-order valence-electron chi connectivity index (χ2n) is 3.25. The van der Waals surface area contributed by atoms with Crippen LogP contribution in [0, 0.1) is 0 Å². The number of rotatable bonds is 1. The van der Waals surface area contributed by atoms with E-state index >= 15 is 0 Å². The van der Waals surface area contributed by atoms with Gasteiger partial charge in [-0.2, -0.15) is 5.10 Å². The van der Waals surface area contributed by atoms with Crippen LogP contribution in [-0.2, 0) is 13.5 Å². The summed E-state index contributed by atoms with van der Waals surface area (Å²) in [5.41, 5.74) is 8.22. The van der Waals surface area contributed by atoms with Crippen molar-refractivity contribution >= 4 is 15.9 Å². The van der Waals surface area contributed by atoms with Crippen LogP contribution in [-0.4, -0.2) is 16.3 Å². The molecule has 1 aromatic rings. The van der Waals surface area contributed by atoms with Crippen LogP contribution >= 0.6 is 15.9 Å². The number of hydrogen-bond acceptors (Lipinski definition) is 2. The summed E-state index contributed by atoms with van der Waals surface area (Å²) in [5.74, 6) is 0.517. The van der Waals surface area contributed by atoms with Gasteiger partial charge in [-0.25, -0.2) is 0 Å². The molecule has 1 aromatic heterocycles. The predicted octanol–water partition coefficient (Wildman–Crippen LogP) is 1.17. The average Bonchev–Trinajstić information content (AvgIpc) is 2.55. The lowest BCUT2D eigenvalue weighted by Crippen LogP contribution is -2.09. The number of aromatic nitrogens is 2. The van der Waals surface area contributed by atoms with Gasteiger partial charge in [-0.3, -0.25) is 4.68 Å². The molecule has 0 radical (unpaired) electrons. The van der Waals surface area contributed by atoms with Gasteiger partial charge in [0.15, 0.2) is 0 Å². The zero-order valence-electron chi connectivity index (χ0n) is 7.05. The van der Waals surface area contributed by atoms with E-state index in [1.807, 2.05) is 11.7 Å². The molecule has 1 unspecified atom stereocenters. The molecule has 66 valence electrons. The van der Waals surface area contributed by atoms with Gasteiger partial charge in [0.1, 0.15) is 4.60 Å². The minimum Gasteiger partial charge on any atom is -0.330 e. The summed E-state index contributed by atoms with van der Waals surface area (Å²) in [7, 11) is 1.95. The molecule has 4 heteroatoms. The molecule has 2 N–H and O–H groups in total. The van der Waals surface area contributed by atoms with Crippen molar-refractivity contribution in [3.63, 3.8) is 0 Å². The van der Waals surface area contributed by atoms with Gasteiger partial charge in [-0.15, -0.1) is 0 Å². The van der Waals surface area contributed by atoms with Crippen molar-refractivity contribution in [2.24, 2.45) is 12.8 Å². The van der Waals surface area contributed by atoms with Crippen LogP contribution in [0.3, 0.4) is 0 Å². The third-order valence-corrected chi connectivity index (χ3v) is 3.45. The zero-order valence-corrected chi connectivity index (χ0v) is 8.63. The number of halogens is 1. The average molecular weight is 230 g/mol. The van der Waals surface area contributed by atoms with E-state index in [4.69, 9.17) is 5.73 Å². The summed E-state index contributed by atoms with van der Waals surface area (Å²) in [6, 6.07) is 0. The Labute approximate surface area is 80.1 Å². The van der Waals surface area contributed by atoms with Crippen molar-refractivity contribution in [2.45, 2.75) is 18.8 Å². The standard InChI is InChI=1S/C8H12BrN3/c1-12-8(9)7-5(4-10)2-3-6(7)11-12/h5H,2-4,10H2,1H3. The fourth-order valence-corrected chi connectivity index (χ4v) is 2.48. The van der Waals surface area contributed by atoms with Crippen LogP contribution in [0.15, 0.2) is 4.60 Å². The van der Waals surface area contributed by atoms with E-state index in [-0.39, 0.29) is 0 Å². The normalized spacial score (nSPS) is 21.4. The van der Waals surface area contributed by atoms with E-state index in [0.717, 1.165) is 24.0 Å². The third kappa shape index (κ3) is 1.02. The zero-order chi connectivity index (χ0) is 8.72. The molecule has 2 rings (SSSR count). The van der Waals surface area contributed by atoms with Gasteiger partial charge >= 0.3 is 0 Å². The molecule has 0 aromatic carbocycles. The lowest BCUT2D eigenvalue weighted by molar-refractivity contribution is 0.650. The molecule has 1 atom stereocenters. The van der Waals surface area contributed by atoms with Crippen LogP contribution in [0.5, 0.6) is 0 Å². The molecule has 12 heavy (non-hydrogen) atoms. The Kier molecular flexibility index (Phi) is 1.96. The van der Waals surface area contributed by atoms with Crippen LogP contribution in [0.2, 0.25) is 0 Å². The number of hydrogen-bond donors (Lipinski definition) is 1. The first-order chi connectivity index (χ1) is 5.74. The van der Waals surface area contributed by atoms with Crippen molar-refractivity contribution < 1.29 is 0 Å². The smallest absolute Gasteiger partial charge is 0.107 e. The molecule has 0 aliphatic heterocycles. The van der Waals surface area contributed by atoms with Crippen molar-refractivity contribution in [3.8, 4) is 0 Å². The van der Waals surface area contributed by atoms with Crippen molar-refractivity contribution in [3.05, 3.63) is 15.9 Å². The summed E-state index contributed by atoms with van der Waals surface area (Å²) >= 11 is 3.53. The monoisotopic (exact) mass is 229 g/mol. The molecular formula is C8H12BrN3. The van der Waals surface area contributed by atoms with E-state index in [9.17, 15) is 0 Å². The number of aryl methyl sites for hydroxylation is 2. The Morgan fingerprint density at radius 1 is 1.75 bits per heavy atom. The van der Waals surface area contributed by atoms with Crippen LogP contribution < -0.4 is 5.73 Å². The van der Waals surface area contributed by atoms with Crippen LogP contribution in [0.25, 0.3) is 0 Å². The van der Waals surface area contributed by atoms with Crippen molar-refractivity contribution in [1.29, 1.82) is 0 Å². The minimum atomic E-state index is 0.517. The largest absolute Gasteiger partial charge is 0.330 e. The van der Waals surface area contributed by atoms with Gasteiger partial charge < -0.3 is 5.73 Å². The van der Waals surface area contributed by atoms with Gasteiger partial charge in [0.2, 0.25) is 0 Å². The first kappa shape index (κ1) is 8.26. The number of fused-ring (bicyclic) bond motifs is 1. The Balaban J connectivity index is 2.48. The second-order valence-corrected chi connectivity index (χ2v) is 4.00. The fraction of sp³-hybridized carbons (Fsp3) is 0.625. The van der Waals surface area contributed by atoms with Gasteiger partial charge in [-0.1, -0.05) is 0 Å². The van der Waals surface area contributed by atoms with Gasteiger partial charge in [0.05, 0.1) is 5.69 Å². The Hall–Kier alpha value is -0.350. The Bertz CT molecular complexity index is 305. The van der Waals surface area contributed by atoms with Crippen molar-refractivity contribution in [2.75, 3.05) is 6.54 Å². The third-order valence-electron chi connectivity index (χ3n) is 2.51. The Morgan fingerprint density at radius 2 is 2.50 bits per heavy atom. The SMILES string of the molecule is Cn1nc2c(c1Br)C(CN)CC2. The molecule has 0 bridgehead atoms. The lowest BCUT2D eigenvalue weighted by Gasteiger charge is -2.06. The Morgan fingerprint density at radius 3 is 3.17 bits per heavy atom. The first-order valence-corrected chi connectivity index (χ1v) is 4.94. The maximum Gasteiger partial charge on any atom is 0.107 e. The van der Waals surface area contributed by atoms with E-state index in [1.165, 1.54) is 11.3 Å². The molecule has 3 nitrogen and oxygen atoms in total. The summed E-state index contributed by atoms with van der Waals surface area (Å²) < 4.78 is 2.98. The van der Waals surface area contributed by atoms with E-state index in [0.29, 0.717) is 5.92 Å². The number of nitrogens with two attached hydrogens (primary N) is 1. The predicted molar refractivity (Wildman–Crippen MR) is 51.0 cm³/mol. The quantitative estimate of drug-likeness (QED) is 0.786. The summed E-state index contributed by atoms with van der Waals surface area (Å²) in [6.07, 6.45) is 2.24. The van der Waals surface area contributed by atoms with E-state index in [2.05, 4.69) is 21.0 Å². The highest BCUT2D eigenvalue weighted by Gasteiger charge is 2.27. The topological polar surface area (TPSA) is 43.8 Å². The van der Waals surface area contributed by atoms with E-state index < -0.39 is 0 Å². The highest BCUT2D eigenvalue weighted by molar-refractivity contribution is 9.10. The molecule has 1 heterocycles. The molecule has 0 saturated heterocycles. The second kappa shape index (κ2) is 2.85. The molecule has 1 aliphatic carbocycles. The first-order valence-electron chi connectivity index (χ1n) is 4.15. The van der Waals surface area contributed by atoms with Gasteiger partial charge in [0, 0.05) is 18.5 Å². The van der Waals surface area contributed by atoms with Crippen molar-refractivity contribution in [1.82, 2.24) is 9.78 Å². The molecular weight excluding hydrogens is 218 g/mol. The maximum absolute atomic E-state index is 5.67. The van der Waals surface area contributed by atoms with E-state index in [1.54, 1.807) is 0 Å². The summed E-state index contributed by atoms with van der Waals surface area (Å²) in [5, 5.41) is 4.40. The summed E-state index contributed by atoms with van der Waals surface area (Å²) in [4.78, 5) is 0. The molecule has 0 amide bonds. The lowest BCUT2D eigenvalue weighted by atomic mass is 10.1. The maximum atomic E-state index is 5.67. The van der Waals surface area contributed by atoms with Gasteiger partial charge in [-0.05, 0) is 35.3 Å². The minimum absolute atomic E-state index is 0.517.